The van der Waals surface area contributed by atoms with Gasteiger partial charge in [0.05, 0.1) is 41.7 Å². The molecule has 10 heteroatoms. The van der Waals surface area contributed by atoms with E-state index >= 15 is 0 Å². The Bertz CT molecular complexity index is 1570. The quantitative estimate of drug-likeness (QED) is 0.384. The van der Waals surface area contributed by atoms with E-state index in [9.17, 15) is 9.59 Å². The molecule has 1 aromatic heterocycles. The predicted octanol–water partition coefficient (Wildman–Crippen LogP) is 4.90. The Morgan fingerprint density at radius 2 is 1.95 bits per heavy atom. The van der Waals surface area contributed by atoms with E-state index in [1.807, 2.05) is 19.9 Å². The van der Waals surface area contributed by atoms with Gasteiger partial charge >= 0.3 is 5.97 Å². The number of ether oxygens (including phenoxy) is 3. The molecule has 0 radical (unpaired) electrons. The van der Waals surface area contributed by atoms with Gasteiger partial charge in [0.2, 0.25) is 0 Å². The van der Waals surface area contributed by atoms with Crippen LogP contribution in [0.4, 0.5) is 0 Å². The SMILES string of the molecule is CCOC(=O)C1=C(C)N=c2sc(=Cc3ccc(Cl)cc3Cl)c(=O)n2C1c1ccc(OC(C)C)c(OC)c1. The van der Waals surface area contributed by atoms with Gasteiger partial charge in [-0.2, -0.15) is 0 Å². The van der Waals surface area contributed by atoms with Crippen LogP contribution in [0.5, 0.6) is 11.5 Å². The van der Waals surface area contributed by atoms with Crippen molar-refractivity contribution in [1.82, 2.24) is 4.57 Å². The minimum absolute atomic E-state index is 0.0608. The van der Waals surface area contributed by atoms with Crippen LogP contribution < -0.4 is 24.4 Å². The van der Waals surface area contributed by atoms with Crippen molar-refractivity contribution in [2.45, 2.75) is 39.8 Å². The van der Waals surface area contributed by atoms with Crippen LogP contribution in [0.3, 0.4) is 0 Å². The maximum atomic E-state index is 13.8. The smallest absolute Gasteiger partial charge is 0.338 e. The molecule has 0 spiro atoms. The first-order valence-corrected chi connectivity index (χ1v) is 13.2. The van der Waals surface area contributed by atoms with E-state index in [-0.39, 0.29) is 23.8 Å². The summed E-state index contributed by atoms with van der Waals surface area (Å²) < 4.78 is 18.7. The molecule has 4 rings (SSSR count). The lowest BCUT2D eigenvalue weighted by molar-refractivity contribution is -0.139. The number of esters is 1. The first-order valence-electron chi connectivity index (χ1n) is 11.6. The molecule has 3 aromatic rings. The number of hydrogen-bond acceptors (Lipinski definition) is 7. The van der Waals surface area contributed by atoms with Crippen LogP contribution in [-0.2, 0) is 9.53 Å². The minimum atomic E-state index is -0.778. The number of fused-ring (bicyclic) bond motifs is 1. The summed E-state index contributed by atoms with van der Waals surface area (Å²) in [6.45, 7) is 7.49. The fraction of sp³-hybridized carbons (Fsp3) is 0.296. The monoisotopic (exact) mass is 560 g/mol. The fourth-order valence-electron chi connectivity index (χ4n) is 4.07. The van der Waals surface area contributed by atoms with Gasteiger partial charge in [0.15, 0.2) is 16.3 Å². The Morgan fingerprint density at radius 3 is 2.59 bits per heavy atom. The van der Waals surface area contributed by atoms with Crippen LogP contribution in [0.1, 0.15) is 44.9 Å². The van der Waals surface area contributed by atoms with Crippen molar-refractivity contribution in [3.63, 3.8) is 0 Å². The van der Waals surface area contributed by atoms with Gasteiger partial charge in [-0.05, 0) is 69.2 Å². The summed E-state index contributed by atoms with van der Waals surface area (Å²) in [5.41, 5.74) is 1.75. The van der Waals surface area contributed by atoms with E-state index in [0.29, 0.717) is 47.7 Å². The van der Waals surface area contributed by atoms with E-state index in [1.54, 1.807) is 57.4 Å². The molecule has 2 heterocycles. The van der Waals surface area contributed by atoms with Gasteiger partial charge in [-0.1, -0.05) is 46.7 Å². The lowest BCUT2D eigenvalue weighted by Gasteiger charge is -2.25. The molecule has 7 nitrogen and oxygen atoms in total. The van der Waals surface area contributed by atoms with E-state index in [2.05, 4.69) is 4.99 Å². The number of carbonyl (C=O) groups excluding carboxylic acids is 1. The fourth-order valence-corrected chi connectivity index (χ4v) is 5.57. The molecule has 37 heavy (non-hydrogen) atoms. The maximum Gasteiger partial charge on any atom is 0.338 e. The number of thiazole rings is 1. The second-order valence-electron chi connectivity index (χ2n) is 8.55. The molecular weight excluding hydrogens is 535 g/mol. The Kier molecular flexibility index (Phi) is 8.11. The molecule has 1 atom stereocenters. The van der Waals surface area contributed by atoms with Crippen molar-refractivity contribution in [1.29, 1.82) is 0 Å². The average molecular weight is 561 g/mol. The Hall–Kier alpha value is -3.07. The van der Waals surface area contributed by atoms with E-state index in [4.69, 9.17) is 37.4 Å². The lowest BCUT2D eigenvalue weighted by atomic mass is 9.95. The molecule has 0 N–H and O–H groups in total. The molecule has 0 saturated carbocycles. The number of allylic oxidation sites excluding steroid dienone is 1. The zero-order valence-electron chi connectivity index (χ0n) is 21.0. The van der Waals surface area contributed by atoms with Gasteiger partial charge in [0.25, 0.3) is 5.56 Å². The predicted molar refractivity (Wildman–Crippen MR) is 146 cm³/mol. The Balaban J connectivity index is 1.95. The Labute approximate surface area is 228 Å². The second-order valence-corrected chi connectivity index (χ2v) is 10.4. The number of methoxy groups -OCH3 is 1. The minimum Gasteiger partial charge on any atom is -0.493 e. The summed E-state index contributed by atoms with van der Waals surface area (Å²) >= 11 is 13.6. The van der Waals surface area contributed by atoms with Crippen LogP contribution in [0.2, 0.25) is 10.0 Å². The van der Waals surface area contributed by atoms with E-state index < -0.39 is 12.0 Å². The van der Waals surface area contributed by atoms with Gasteiger partial charge in [-0.15, -0.1) is 0 Å². The summed E-state index contributed by atoms with van der Waals surface area (Å²) in [7, 11) is 1.54. The molecule has 194 valence electrons. The highest BCUT2D eigenvalue weighted by molar-refractivity contribution is 7.07. The van der Waals surface area contributed by atoms with Crippen molar-refractivity contribution in [2.75, 3.05) is 13.7 Å². The normalized spacial score (nSPS) is 15.5. The lowest BCUT2D eigenvalue weighted by Crippen LogP contribution is -2.40. The van der Waals surface area contributed by atoms with Gasteiger partial charge in [-0.3, -0.25) is 9.36 Å². The third kappa shape index (κ3) is 5.46. The number of halogens is 2. The molecule has 0 amide bonds. The van der Waals surface area contributed by atoms with Crippen molar-refractivity contribution in [3.8, 4) is 11.5 Å². The summed E-state index contributed by atoms with van der Waals surface area (Å²) in [5.74, 6) is 0.508. The number of rotatable bonds is 7. The highest BCUT2D eigenvalue weighted by atomic mass is 35.5. The van der Waals surface area contributed by atoms with E-state index in [0.717, 1.165) is 0 Å². The highest BCUT2D eigenvalue weighted by Crippen LogP contribution is 2.36. The largest absolute Gasteiger partial charge is 0.493 e. The number of nitrogens with zero attached hydrogens (tertiary/aromatic N) is 2. The first-order chi connectivity index (χ1) is 17.6. The zero-order valence-corrected chi connectivity index (χ0v) is 23.3. The molecular formula is C27H26Cl2N2O5S. The number of hydrogen-bond donors (Lipinski definition) is 0. The van der Waals surface area contributed by atoms with Crippen molar-refractivity contribution in [3.05, 3.63) is 88.5 Å². The summed E-state index contributed by atoms with van der Waals surface area (Å²) in [6.07, 6.45) is 1.64. The van der Waals surface area contributed by atoms with Crippen molar-refractivity contribution in [2.24, 2.45) is 4.99 Å². The summed E-state index contributed by atoms with van der Waals surface area (Å²) in [6, 6.07) is 9.65. The highest BCUT2D eigenvalue weighted by Gasteiger charge is 2.34. The molecule has 0 aliphatic carbocycles. The number of carbonyl (C=O) groups is 1. The standard InChI is InChI=1S/C27H26Cl2N2O5S/c1-6-35-26(33)23-15(4)30-27-31(24(23)17-8-10-20(36-14(2)3)21(11-17)34-5)25(32)22(37-27)12-16-7-9-18(28)13-19(16)29/h7-14,24H,6H2,1-5H3. The molecule has 1 unspecified atom stereocenters. The van der Waals surface area contributed by atoms with Gasteiger partial charge in [0.1, 0.15) is 0 Å². The zero-order chi connectivity index (χ0) is 26.9. The Morgan fingerprint density at radius 1 is 1.19 bits per heavy atom. The molecule has 2 aromatic carbocycles. The third-order valence-electron chi connectivity index (χ3n) is 5.63. The molecule has 0 fully saturated rings. The summed E-state index contributed by atoms with van der Waals surface area (Å²) in [5, 5.41) is 0.918. The van der Waals surface area contributed by atoms with Crippen molar-refractivity contribution < 1.29 is 19.0 Å². The van der Waals surface area contributed by atoms with E-state index in [1.165, 1.54) is 15.9 Å². The van der Waals surface area contributed by atoms with Crippen LogP contribution in [0, 0.1) is 0 Å². The second kappa shape index (κ2) is 11.1. The average Bonchev–Trinajstić information content (AvgIpc) is 3.14. The van der Waals surface area contributed by atoms with Crippen LogP contribution >= 0.6 is 34.5 Å². The molecule has 1 aliphatic rings. The first kappa shape index (κ1) is 27.0. The number of aromatic nitrogens is 1. The van der Waals surface area contributed by atoms with Gasteiger partial charge < -0.3 is 14.2 Å². The summed E-state index contributed by atoms with van der Waals surface area (Å²) in [4.78, 5) is 31.9. The number of benzene rings is 2. The van der Waals surface area contributed by atoms with Crippen LogP contribution in [-0.4, -0.2) is 30.4 Å². The molecule has 0 saturated heterocycles. The van der Waals surface area contributed by atoms with Crippen LogP contribution in [0.25, 0.3) is 6.08 Å². The van der Waals surface area contributed by atoms with Crippen LogP contribution in [0.15, 0.2) is 57.5 Å². The third-order valence-corrected chi connectivity index (χ3v) is 7.18. The molecule has 0 bridgehead atoms. The molecule has 1 aliphatic heterocycles. The van der Waals surface area contributed by atoms with Gasteiger partial charge in [0, 0.05) is 10.0 Å². The maximum absolute atomic E-state index is 13.8. The van der Waals surface area contributed by atoms with Gasteiger partial charge in [-0.25, -0.2) is 9.79 Å². The van der Waals surface area contributed by atoms with Crippen molar-refractivity contribution >= 4 is 46.6 Å². The topological polar surface area (TPSA) is 79.1 Å².